The molecule has 0 saturated carbocycles. The van der Waals surface area contributed by atoms with Gasteiger partial charge in [0.2, 0.25) is 5.91 Å². The van der Waals surface area contributed by atoms with E-state index < -0.39 is 0 Å². The van der Waals surface area contributed by atoms with Crippen LogP contribution in [0, 0.1) is 11.3 Å². The maximum absolute atomic E-state index is 13.8. The molecule has 8 nitrogen and oxygen atoms in total. The van der Waals surface area contributed by atoms with Gasteiger partial charge in [0.15, 0.2) is 0 Å². The molecule has 0 radical (unpaired) electrons. The second-order valence-corrected chi connectivity index (χ2v) is 12.9. The van der Waals surface area contributed by atoms with Crippen LogP contribution >= 0.6 is 0 Å². The summed E-state index contributed by atoms with van der Waals surface area (Å²) in [6.45, 7) is 9.28. The molecule has 0 aliphatic carbocycles. The van der Waals surface area contributed by atoms with Crippen LogP contribution in [0.25, 0.3) is 10.9 Å². The van der Waals surface area contributed by atoms with Gasteiger partial charge in [0.05, 0.1) is 12.1 Å². The van der Waals surface area contributed by atoms with Gasteiger partial charge < -0.3 is 24.7 Å². The summed E-state index contributed by atoms with van der Waals surface area (Å²) in [6.07, 6.45) is 7.65. The van der Waals surface area contributed by atoms with Crippen molar-refractivity contribution in [2.24, 2.45) is 18.4 Å². The molecule has 1 aliphatic heterocycles. The zero-order valence-electron chi connectivity index (χ0n) is 26.0. The zero-order valence-corrected chi connectivity index (χ0v) is 26.0. The minimum Gasteiger partial charge on any atom is -0.457 e. The molecule has 8 heteroatoms. The van der Waals surface area contributed by atoms with Gasteiger partial charge in [0.25, 0.3) is 0 Å². The molecule has 228 valence electrons. The Morgan fingerprint density at radius 2 is 1.88 bits per heavy atom. The standard InChI is InChI=1S/C35H45N5O3/c1-35(2,3)16-18-40(24-32-37-17-19-39(32)4)33(41)13-11-29(25-14-20-42-21-15-25)30-23-26-22-28(10-12-31(26)38-34(30)36)43-27-8-6-5-7-9-27/h5-10,12,17,19,22-23,25,29H,11,13-16,18,20-21,24H2,1-4H3,(H2,36,38). The van der Waals surface area contributed by atoms with Crippen LogP contribution in [0.4, 0.5) is 5.82 Å². The maximum atomic E-state index is 13.8. The summed E-state index contributed by atoms with van der Waals surface area (Å²) in [7, 11) is 1.97. The Hall–Kier alpha value is -3.91. The number of fused-ring (bicyclic) bond motifs is 1. The van der Waals surface area contributed by atoms with Gasteiger partial charge in [-0.05, 0) is 84.9 Å². The van der Waals surface area contributed by atoms with Crippen LogP contribution < -0.4 is 10.5 Å². The number of nitrogen functional groups attached to an aromatic ring is 1. The van der Waals surface area contributed by atoms with Crippen LogP contribution in [-0.4, -0.2) is 45.1 Å². The summed E-state index contributed by atoms with van der Waals surface area (Å²) in [5, 5.41) is 0.975. The highest BCUT2D eigenvalue weighted by Crippen LogP contribution is 2.40. The van der Waals surface area contributed by atoms with E-state index in [4.69, 9.17) is 20.2 Å². The quantitative estimate of drug-likeness (QED) is 0.202. The number of para-hydroxylation sites is 1. The highest BCUT2D eigenvalue weighted by molar-refractivity contribution is 5.83. The van der Waals surface area contributed by atoms with Gasteiger partial charge >= 0.3 is 0 Å². The lowest BCUT2D eigenvalue weighted by atomic mass is 9.78. The number of anilines is 1. The number of pyridine rings is 1. The third kappa shape index (κ3) is 8.14. The number of nitrogens with zero attached hydrogens (tertiary/aromatic N) is 4. The lowest BCUT2D eigenvalue weighted by Crippen LogP contribution is -2.34. The molecule has 1 fully saturated rings. The minimum atomic E-state index is 0.0982. The molecule has 0 bridgehead atoms. The molecule has 1 aliphatic rings. The SMILES string of the molecule is Cn1ccnc1CN(CCC(C)(C)C)C(=O)CCC(c1cc2cc(Oc3ccccc3)ccc2nc1N)C1CCOCC1. The number of carbonyl (C=O) groups is 1. The van der Waals surface area contributed by atoms with Crippen LogP contribution in [0.2, 0.25) is 0 Å². The average molecular weight is 584 g/mol. The summed E-state index contributed by atoms with van der Waals surface area (Å²) >= 11 is 0. The Bertz CT molecular complexity index is 1510. The number of hydrogen-bond acceptors (Lipinski definition) is 6. The van der Waals surface area contributed by atoms with Gasteiger partial charge in [-0.3, -0.25) is 4.79 Å². The number of nitrogens with two attached hydrogens (primary N) is 1. The molecular formula is C35H45N5O3. The second kappa shape index (κ2) is 13.6. The first kappa shape index (κ1) is 30.5. The molecule has 0 spiro atoms. The Morgan fingerprint density at radius 1 is 1.12 bits per heavy atom. The Kier molecular flexibility index (Phi) is 9.65. The van der Waals surface area contributed by atoms with Crippen molar-refractivity contribution in [1.29, 1.82) is 0 Å². The lowest BCUT2D eigenvalue weighted by molar-refractivity contribution is -0.132. The van der Waals surface area contributed by atoms with E-state index in [-0.39, 0.29) is 17.2 Å². The van der Waals surface area contributed by atoms with Crippen LogP contribution in [0.3, 0.4) is 0 Å². The molecule has 2 aromatic carbocycles. The number of aromatic nitrogens is 3. The highest BCUT2D eigenvalue weighted by atomic mass is 16.5. The van der Waals surface area contributed by atoms with Crippen molar-refractivity contribution in [1.82, 2.24) is 19.4 Å². The number of imidazole rings is 1. The zero-order chi connectivity index (χ0) is 30.4. The van der Waals surface area contributed by atoms with Crippen molar-refractivity contribution in [3.63, 3.8) is 0 Å². The topological polar surface area (TPSA) is 95.5 Å². The van der Waals surface area contributed by atoms with Crippen LogP contribution in [0.5, 0.6) is 11.5 Å². The summed E-state index contributed by atoms with van der Waals surface area (Å²) in [5.41, 5.74) is 8.60. The van der Waals surface area contributed by atoms with Crippen molar-refractivity contribution in [3.8, 4) is 11.5 Å². The lowest BCUT2D eigenvalue weighted by Gasteiger charge is -2.32. The molecule has 1 amide bonds. The maximum Gasteiger partial charge on any atom is 0.222 e. The van der Waals surface area contributed by atoms with Gasteiger partial charge in [0, 0.05) is 51.0 Å². The first-order chi connectivity index (χ1) is 20.7. The van der Waals surface area contributed by atoms with E-state index in [0.717, 1.165) is 66.3 Å². The van der Waals surface area contributed by atoms with E-state index in [2.05, 4.69) is 31.8 Å². The number of benzene rings is 2. The number of aryl methyl sites for hydroxylation is 1. The van der Waals surface area contributed by atoms with E-state index >= 15 is 0 Å². The summed E-state index contributed by atoms with van der Waals surface area (Å²) in [6, 6.07) is 17.8. The molecule has 1 atom stereocenters. The minimum absolute atomic E-state index is 0.0982. The van der Waals surface area contributed by atoms with Crippen molar-refractivity contribution < 1.29 is 14.3 Å². The second-order valence-electron chi connectivity index (χ2n) is 12.9. The van der Waals surface area contributed by atoms with E-state index in [1.54, 1.807) is 6.20 Å². The predicted molar refractivity (Wildman–Crippen MR) is 171 cm³/mol. The number of rotatable bonds is 11. The van der Waals surface area contributed by atoms with Crippen molar-refractivity contribution >= 4 is 22.6 Å². The monoisotopic (exact) mass is 583 g/mol. The fourth-order valence-corrected chi connectivity index (χ4v) is 5.85. The molecule has 1 unspecified atom stereocenters. The first-order valence-electron chi connectivity index (χ1n) is 15.4. The molecule has 5 rings (SSSR count). The molecule has 2 N–H and O–H groups in total. The van der Waals surface area contributed by atoms with Crippen molar-refractivity contribution in [2.75, 3.05) is 25.5 Å². The van der Waals surface area contributed by atoms with E-state index in [1.807, 2.05) is 71.2 Å². The fourth-order valence-electron chi connectivity index (χ4n) is 5.85. The van der Waals surface area contributed by atoms with E-state index in [9.17, 15) is 4.79 Å². The molecule has 2 aromatic heterocycles. The summed E-state index contributed by atoms with van der Waals surface area (Å²) in [4.78, 5) is 25.1. The van der Waals surface area contributed by atoms with Crippen molar-refractivity contribution in [2.45, 2.75) is 65.3 Å². The predicted octanol–water partition coefficient (Wildman–Crippen LogP) is 7.10. The largest absolute Gasteiger partial charge is 0.457 e. The molecule has 3 heterocycles. The van der Waals surface area contributed by atoms with E-state index in [0.29, 0.717) is 37.7 Å². The third-order valence-electron chi connectivity index (χ3n) is 8.47. The Labute approximate surface area is 255 Å². The highest BCUT2D eigenvalue weighted by Gasteiger charge is 2.29. The molecule has 4 aromatic rings. The Morgan fingerprint density at radius 3 is 2.58 bits per heavy atom. The molecule has 43 heavy (non-hydrogen) atoms. The van der Waals surface area contributed by atoms with Crippen LogP contribution in [0.15, 0.2) is 67.0 Å². The smallest absolute Gasteiger partial charge is 0.222 e. The Balaban J connectivity index is 1.39. The summed E-state index contributed by atoms with van der Waals surface area (Å²) in [5.74, 6) is 3.56. The van der Waals surface area contributed by atoms with Crippen LogP contribution in [0.1, 0.15) is 70.2 Å². The number of hydrogen-bond donors (Lipinski definition) is 1. The first-order valence-corrected chi connectivity index (χ1v) is 15.4. The number of carbonyl (C=O) groups excluding carboxylic acids is 1. The van der Waals surface area contributed by atoms with Crippen LogP contribution in [-0.2, 0) is 23.1 Å². The van der Waals surface area contributed by atoms with Gasteiger partial charge in [-0.2, -0.15) is 0 Å². The molecule has 1 saturated heterocycles. The number of ether oxygens (including phenoxy) is 2. The summed E-state index contributed by atoms with van der Waals surface area (Å²) < 4.78 is 13.8. The average Bonchev–Trinajstić information content (AvgIpc) is 3.40. The third-order valence-corrected chi connectivity index (χ3v) is 8.47. The van der Waals surface area contributed by atoms with E-state index in [1.165, 1.54) is 0 Å². The number of amides is 1. The van der Waals surface area contributed by atoms with Gasteiger partial charge in [-0.25, -0.2) is 9.97 Å². The van der Waals surface area contributed by atoms with Crippen molar-refractivity contribution in [3.05, 3.63) is 78.4 Å². The van der Waals surface area contributed by atoms with Gasteiger partial charge in [-0.15, -0.1) is 0 Å². The van der Waals surface area contributed by atoms with Gasteiger partial charge in [-0.1, -0.05) is 39.0 Å². The fraction of sp³-hybridized carbons (Fsp3) is 0.457. The van der Waals surface area contributed by atoms with Gasteiger partial charge in [0.1, 0.15) is 23.1 Å². The molecular weight excluding hydrogens is 538 g/mol. The normalized spacial score (nSPS) is 15.0.